The van der Waals surface area contributed by atoms with Gasteiger partial charge in [-0.2, -0.15) is 0 Å². The Morgan fingerprint density at radius 1 is 0.743 bits per heavy atom. The zero-order valence-electron chi connectivity index (χ0n) is 22.2. The fourth-order valence-corrected chi connectivity index (χ4v) is 4.20. The summed E-state index contributed by atoms with van der Waals surface area (Å²) in [7, 11) is 3.25. The smallest absolute Gasteiger partial charge is 0.159 e. The highest BCUT2D eigenvalue weighted by atomic mass is 16.5. The summed E-state index contributed by atoms with van der Waals surface area (Å²) in [6.45, 7) is 3.13. The summed E-state index contributed by atoms with van der Waals surface area (Å²) in [5, 5.41) is 6.60. The molecule has 0 atom stereocenters. The summed E-state index contributed by atoms with van der Waals surface area (Å²) >= 11 is 0. The second kappa shape index (κ2) is 17.7. The molecule has 0 saturated heterocycles. The minimum absolute atomic E-state index is 0.489. The summed E-state index contributed by atoms with van der Waals surface area (Å²) in [6.07, 6.45) is 20.5. The fourth-order valence-electron chi connectivity index (χ4n) is 4.20. The van der Waals surface area contributed by atoms with E-state index in [0.717, 1.165) is 24.4 Å². The minimum Gasteiger partial charge on any atom is -0.497 e. The number of ether oxygens (including phenoxy) is 2. The van der Waals surface area contributed by atoms with Crippen molar-refractivity contribution in [1.29, 1.82) is 0 Å². The Morgan fingerprint density at radius 3 is 1.89 bits per heavy atom. The zero-order valence-corrected chi connectivity index (χ0v) is 22.2. The Balaban J connectivity index is 1.61. The average molecular weight is 486 g/mol. The molecular formula is C28H47N5O2. The molecule has 2 rings (SSSR count). The quantitative estimate of drug-likeness (QED) is 0.165. The molecule has 0 unspecified atom stereocenters. The number of hydrogen-bond acceptors (Lipinski definition) is 7. The predicted molar refractivity (Wildman–Crippen MR) is 148 cm³/mol. The van der Waals surface area contributed by atoms with Gasteiger partial charge in [-0.1, -0.05) is 90.4 Å². The molecule has 1 heterocycles. The molecule has 0 saturated carbocycles. The third kappa shape index (κ3) is 11.1. The second-order valence-electron chi connectivity index (χ2n) is 9.20. The molecule has 35 heavy (non-hydrogen) atoms. The lowest BCUT2D eigenvalue weighted by Crippen LogP contribution is -2.09. The molecule has 1 aromatic heterocycles. The number of unbranched alkanes of at least 4 members (excludes halogenated alkanes) is 13. The third-order valence-electron chi connectivity index (χ3n) is 6.37. The lowest BCUT2D eigenvalue weighted by molar-refractivity contribution is 0.405. The van der Waals surface area contributed by atoms with Crippen LogP contribution in [0.2, 0.25) is 0 Å². The number of nitrogens with two attached hydrogens (primary N) is 1. The maximum atomic E-state index is 6.33. The molecule has 7 heteroatoms. The van der Waals surface area contributed by atoms with Gasteiger partial charge in [-0.3, -0.25) is 0 Å². The van der Waals surface area contributed by atoms with Crippen molar-refractivity contribution in [2.75, 3.05) is 37.1 Å². The van der Waals surface area contributed by atoms with Crippen LogP contribution >= 0.6 is 0 Å². The summed E-state index contributed by atoms with van der Waals surface area (Å²) in [6, 6.07) is 5.53. The third-order valence-corrected chi connectivity index (χ3v) is 6.37. The van der Waals surface area contributed by atoms with Crippen molar-refractivity contribution < 1.29 is 9.47 Å². The van der Waals surface area contributed by atoms with Gasteiger partial charge in [0.2, 0.25) is 0 Å². The van der Waals surface area contributed by atoms with E-state index in [1.165, 1.54) is 89.8 Å². The molecule has 0 spiro atoms. The van der Waals surface area contributed by atoms with Crippen molar-refractivity contribution in [3.8, 4) is 11.5 Å². The van der Waals surface area contributed by atoms with Gasteiger partial charge in [-0.25, -0.2) is 9.97 Å². The van der Waals surface area contributed by atoms with Crippen LogP contribution in [-0.2, 0) is 0 Å². The van der Waals surface area contributed by atoms with E-state index < -0.39 is 0 Å². The van der Waals surface area contributed by atoms with Crippen LogP contribution in [0, 0.1) is 0 Å². The van der Waals surface area contributed by atoms with Crippen LogP contribution < -0.4 is 25.8 Å². The molecule has 0 fully saturated rings. The highest BCUT2D eigenvalue weighted by molar-refractivity contribution is 5.79. The van der Waals surface area contributed by atoms with Gasteiger partial charge >= 0.3 is 0 Å². The largest absolute Gasteiger partial charge is 0.497 e. The SMILES string of the molecule is CCCCCCCCCCCCCCCCNc1ncnc(Nc2cc(OC)ccc2OC)c1N. The highest BCUT2D eigenvalue weighted by Gasteiger charge is 2.11. The molecule has 2 aromatic rings. The van der Waals surface area contributed by atoms with Crippen molar-refractivity contribution in [3.05, 3.63) is 24.5 Å². The minimum atomic E-state index is 0.489. The molecule has 0 radical (unpaired) electrons. The lowest BCUT2D eigenvalue weighted by Gasteiger charge is -2.15. The van der Waals surface area contributed by atoms with Gasteiger partial charge in [0.1, 0.15) is 23.5 Å². The first-order chi connectivity index (χ1) is 17.2. The summed E-state index contributed by atoms with van der Waals surface area (Å²) in [4.78, 5) is 8.62. The Morgan fingerprint density at radius 2 is 1.31 bits per heavy atom. The molecular weight excluding hydrogens is 438 g/mol. The van der Waals surface area contributed by atoms with Crippen LogP contribution in [0.5, 0.6) is 11.5 Å². The summed E-state index contributed by atoms with van der Waals surface area (Å²) in [5.41, 5.74) is 7.55. The van der Waals surface area contributed by atoms with Gasteiger partial charge in [0.15, 0.2) is 11.6 Å². The van der Waals surface area contributed by atoms with Crippen LogP contribution in [0.1, 0.15) is 96.8 Å². The zero-order chi connectivity index (χ0) is 25.1. The van der Waals surface area contributed by atoms with Crippen molar-refractivity contribution in [2.24, 2.45) is 0 Å². The summed E-state index contributed by atoms with van der Waals surface area (Å²) in [5.74, 6) is 2.59. The van der Waals surface area contributed by atoms with Crippen LogP contribution in [0.15, 0.2) is 24.5 Å². The molecule has 7 nitrogen and oxygen atoms in total. The number of nitrogen functional groups attached to an aromatic ring is 1. The molecule has 0 aliphatic heterocycles. The number of nitrogens with one attached hydrogen (secondary N) is 2. The van der Waals surface area contributed by atoms with Gasteiger partial charge in [0.25, 0.3) is 0 Å². The van der Waals surface area contributed by atoms with Crippen molar-refractivity contribution >= 4 is 23.0 Å². The summed E-state index contributed by atoms with van der Waals surface area (Å²) < 4.78 is 10.7. The Kier molecular flexibility index (Phi) is 14.4. The average Bonchev–Trinajstić information content (AvgIpc) is 2.88. The maximum absolute atomic E-state index is 6.33. The van der Waals surface area contributed by atoms with E-state index in [1.54, 1.807) is 14.2 Å². The maximum Gasteiger partial charge on any atom is 0.159 e. The normalized spacial score (nSPS) is 10.8. The molecule has 0 aliphatic rings. The number of benzene rings is 1. The Bertz CT molecular complexity index is 831. The number of hydrogen-bond donors (Lipinski definition) is 3. The molecule has 0 aliphatic carbocycles. The van der Waals surface area contributed by atoms with E-state index in [-0.39, 0.29) is 0 Å². The first-order valence-corrected chi connectivity index (χ1v) is 13.5. The molecule has 1 aromatic carbocycles. The van der Waals surface area contributed by atoms with Gasteiger partial charge < -0.3 is 25.8 Å². The Labute approximate surface area is 212 Å². The monoisotopic (exact) mass is 485 g/mol. The first kappa shape index (κ1) is 28.5. The predicted octanol–water partition coefficient (Wildman–Crippen LogP) is 7.71. The van der Waals surface area contributed by atoms with Crippen molar-refractivity contribution in [3.63, 3.8) is 0 Å². The topological polar surface area (TPSA) is 94.3 Å². The lowest BCUT2D eigenvalue weighted by atomic mass is 10.0. The number of aromatic nitrogens is 2. The first-order valence-electron chi connectivity index (χ1n) is 13.5. The molecule has 0 amide bonds. The van der Waals surface area contributed by atoms with Crippen molar-refractivity contribution in [1.82, 2.24) is 9.97 Å². The number of methoxy groups -OCH3 is 2. The van der Waals surface area contributed by atoms with E-state index in [2.05, 4.69) is 27.5 Å². The Hall–Kier alpha value is -2.70. The van der Waals surface area contributed by atoms with Gasteiger partial charge in [-0.05, 0) is 18.6 Å². The number of anilines is 4. The molecule has 4 N–H and O–H groups in total. The van der Waals surface area contributed by atoms with Crippen molar-refractivity contribution in [2.45, 2.75) is 96.8 Å². The highest BCUT2D eigenvalue weighted by Crippen LogP contribution is 2.33. The van der Waals surface area contributed by atoms with Gasteiger partial charge in [0, 0.05) is 12.6 Å². The van der Waals surface area contributed by atoms with E-state index in [4.69, 9.17) is 15.2 Å². The van der Waals surface area contributed by atoms with Gasteiger partial charge in [-0.15, -0.1) is 0 Å². The van der Waals surface area contributed by atoms with E-state index in [9.17, 15) is 0 Å². The van der Waals surface area contributed by atoms with Crippen LogP contribution in [-0.4, -0.2) is 30.7 Å². The van der Waals surface area contributed by atoms with Crippen LogP contribution in [0.4, 0.5) is 23.0 Å². The molecule has 196 valence electrons. The second-order valence-corrected chi connectivity index (χ2v) is 9.20. The van der Waals surface area contributed by atoms with E-state index in [0.29, 0.717) is 23.1 Å². The number of rotatable bonds is 20. The fraction of sp³-hybridized carbons (Fsp3) is 0.643. The van der Waals surface area contributed by atoms with Crippen LogP contribution in [0.25, 0.3) is 0 Å². The van der Waals surface area contributed by atoms with E-state index in [1.807, 2.05) is 18.2 Å². The number of nitrogens with zero attached hydrogens (tertiary/aromatic N) is 2. The van der Waals surface area contributed by atoms with Crippen LogP contribution in [0.3, 0.4) is 0 Å². The van der Waals surface area contributed by atoms with Gasteiger partial charge in [0.05, 0.1) is 19.9 Å². The van der Waals surface area contributed by atoms with E-state index >= 15 is 0 Å². The molecule has 0 bridgehead atoms. The standard InChI is InChI=1S/C28H47N5O2/c1-4-5-6-7-8-9-10-11-12-13-14-15-16-17-20-30-27-26(29)28(32-22-31-27)33-24-21-23(34-2)18-19-25(24)35-3/h18-19,21-22H,4-17,20,29H2,1-3H3,(H2,30,31,32,33).